The molecule has 0 heterocycles. The molecule has 0 spiro atoms. The van der Waals surface area contributed by atoms with E-state index in [0.29, 0.717) is 16.9 Å². The first-order valence-electron chi connectivity index (χ1n) is 10.4. The first kappa shape index (κ1) is 26.7. The van der Waals surface area contributed by atoms with Crippen molar-refractivity contribution in [2.24, 2.45) is 5.92 Å². The van der Waals surface area contributed by atoms with Crippen LogP contribution in [0.15, 0.2) is 54.6 Å². The first-order chi connectivity index (χ1) is 17.1. The van der Waals surface area contributed by atoms with Crippen molar-refractivity contribution >= 4 is 86.9 Å². The molecule has 3 aromatic rings. The van der Waals surface area contributed by atoms with Crippen molar-refractivity contribution in [1.82, 2.24) is 0 Å². The number of nitrogens with one attached hydrogen (secondary N) is 3. The molecule has 2 unspecified atom stereocenters. The molecule has 1 fully saturated rings. The van der Waals surface area contributed by atoms with Crippen LogP contribution in [-0.4, -0.2) is 28.5 Å². The fourth-order valence-corrected chi connectivity index (χ4v) is 5.43. The average Bonchev–Trinajstić information content (AvgIpc) is 3.42. The Kier molecular flexibility index (Phi) is 7.80. The van der Waals surface area contributed by atoms with Gasteiger partial charge in [-0.15, -0.1) is 23.2 Å². The lowest BCUT2D eigenvalue weighted by Crippen LogP contribution is -2.18. The molecular weight excluding hydrogens is 572 g/mol. The van der Waals surface area contributed by atoms with E-state index < -0.39 is 28.0 Å². The van der Waals surface area contributed by atoms with Crippen molar-refractivity contribution < 1.29 is 19.7 Å². The third-order valence-electron chi connectivity index (χ3n) is 5.72. The van der Waals surface area contributed by atoms with Gasteiger partial charge in [0.1, 0.15) is 4.33 Å². The fourth-order valence-electron chi connectivity index (χ4n) is 3.83. The van der Waals surface area contributed by atoms with Crippen LogP contribution in [0.5, 0.6) is 5.75 Å². The van der Waals surface area contributed by atoms with E-state index in [1.807, 2.05) is 12.1 Å². The smallest absolute Gasteiger partial charge is 0.257 e. The molecule has 12 heteroatoms. The topological polar surface area (TPSA) is 99.7 Å². The maximum Gasteiger partial charge on any atom is 0.257 e. The van der Waals surface area contributed by atoms with E-state index in [-0.39, 0.29) is 26.4 Å². The Bertz CT molecular complexity index is 1310. The number of benzene rings is 3. The predicted molar refractivity (Wildman–Crippen MR) is 144 cm³/mol. The van der Waals surface area contributed by atoms with Crippen LogP contribution < -0.4 is 20.8 Å². The molecule has 4 N–H and O–H groups in total. The highest BCUT2D eigenvalue weighted by Crippen LogP contribution is 2.65. The number of hydrogen-bond donors (Lipinski definition) is 4. The Morgan fingerprint density at radius 1 is 0.861 bits per heavy atom. The number of amides is 2. The highest BCUT2D eigenvalue weighted by Gasteiger charge is 2.67. The zero-order chi connectivity index (χ0) is 26.2. The summed E-state index contributed by atoms with van der Waals surface area (Å²) in [5.41, 5.74) is 2.47. The lowest BCUT2D eigenvalue weighted by molar-refractivity contribution is -0.137. The number of anilines is 3. The largest absolute Gasteiger partial charge is 0.388 e. The highest BCUT2D eigenvalue weighted by atomic mass is 35.5. The van der Waals surface area contributed by atoms with E-state index in [0.717, 1.165) is 5.69 Å². The molecule has 36 heavy (non-hydrogen) atoms. The van der Waals surface area contributed by atoms with Crippen molar-refractivity contribution in [3.63, 3.8) is 0 Å². The lowest BCUT2D eigenvalue weighted by Gasteiger charge is -2.11. The molecule has 2 amide bonds. The molecule has 0 radical (unpaired) electrons. The summed E-state index contributed by atoms with van der Waals surface area (Å²) in [6.45, 7) is 0. The number of hydrogen-bond acceptors (Lipinski definition) is 5. The van der Waals surface area contributed by atoms with Gasteiger partial charge in [-0.05, 0) is 60.2 Å². The molecule has 4 rings (SSSR count). The second-order valence-corrected chi connectivity index (χ2v) is 10.7. The molecule has 0 aliphatic heterocycles. The van der Waals surface area contributed by atoms with Gasteiger partial charge in [0.15, 0.2) is 0 Å². The average molecular weight is 590 g/mol. The number of alkyl halides is 2. The van der Waals surface area contributed by atoms with Gasteiger partial charge < -0.3 is 20.8 Å². The zero-order valence-corrected chi connectivity index (χ0v) is 22.2. The number of halogens is 5. The van der Waals surface area contributed by atoms with Gasteiger partial charge >= 0.3 is 0 Å². The Balaban J connectivity index is 1.50. The van der Waals surface area contributed by atoms with Gasteiger partial charge in [-0.1, -0.05) is 34.8 Å². The quantitative estimate of drug-likeness (QED) is 0.132. The summed E-state index contributed by atoms with van der Waals surface area (Å²) in [7, 11) is 1.79. The summed E-state index contributed by atoms with van der Waals surface area (Å²) in [6, 6.07) is 14.6. The van der Waals surface area contributed by atoms with Crippen LogP contribution in [0.1, 0.15) is 21.8 Å². The van der Waals surface area contributed by atoms with Gasteiger partial charge in [0.2, 0.25) is 11.7 Å². The van der Waals surface area contributed by atoms with Crippen LogP contribution in [0, 0.1) is 5.92 Å². The van der Waals surface area contributed by atoms with Gasteiger partial charge in [-0.3, -0.25) is 9.59 Å². The maximum atomic E-state index is 13.0. The van der Waals surface area contributed by atoms with E-state index >= 15 is 0 Å². The zero-order valence-electron chi connectivity index (χ0n) is 18.4. The normalized spacial score (nSPS) is 17.8. The highest BCUT2D eigenvalue weighted by molar-refractivity contribution is 6.53. The van der Waals surface area contributed by atoms with Crippen molar-refractivity contribution in [2.75, 3.05) is 23.0 Å². The Hall–Kier alpha value is -2.39. The van der Waals surface area contributed by atoms with E-state index in [4.69, 9.17) is 63.3 Å². The van der Waals surface area contributed by atoms with Crippen LogP contribution >= 0.6 is 58.0 Å². The minimum atomic E-state index is -1.43. The van der Waals surface area contributed by atoms with Gasteiger partial charge in [0, 0.05) is 30.0 Å². The molecule has 1 saturated carbocycles. The maximum absolute atomic E-state index is 13.0. The molecule has 0 aromatic heterocycles. The van der Waals surface area contributed by atoms with Gasteiger partial charge in [0.05, 0.1) is 26.5 Å². The molecule has 0 bridgehead atoms. The lowest BCUT2D eigenvalue weighted by atomic mass is 10.1. The second-order valence-electron chi connectivity index (χ2n) is 8.00. The minimum absolute atomic E-state index is 0.0316. The third-order valence-corrected chi connectivity index (χ3v) is 7.55. The monoisotopic (exact) mass is 587 g/mol. The standard InChI is InChI=1S/C24H18Cl5N3O4/c1-30-12-2-4-13(5-3-12)31-22(33)15-10-14(6-7-16(15)25)32-23(34)20-19(24(20,28)29)11-8-17(26)21(36-35)18(27)9-11/h2-10,19-20,30,35H,1H3,(H,31,33)(H,32,34). The summed E-state index contributed by atoms with van der Waals surface area (Å²) in [5, 5.41) is 17.7. The van der Waals surface area contributed by atoms with Crippen molar-refractivity contribution in [2.45, 2.75) is 10.3 Å². The van der Waals surface area contributed by atoms with Crippen molar-refractivity contribution in [1.29, 1.82) is 0 Å². The summed E-state index contributed by atoms with van der Waals surface area (Å²) in [4.78, 5) is 30.0. The molecule has 188 valence electrons. The van der Waals surface area contributed by atoms with E-state index in [1.54, 1.807) is 25.2 Å². The Morgan fingerprint density at radius 2 is 1.44 bits per heavy atom. The molecule has 1 aliphatic rings. The summed E-state index contributed by atoms with van der Waals surface area (Å²) >= 11 is 31.2. The molecule has 0 saturated heterocycles. The Morgan fingerprint density at radius 3 is 2.03 bits per heavy atom. The summed E-state index contributed by atoms with van der Waals surface area (Å²) in [5.74, 6) is -2.51. The van der Waals surface area contributed by atoms with Crippen molar-refractivity contribution in [3.05, 3.63) is 80.8 Å². The van der Waals surface area contributed by atoms with Crippen molar-refractivity contribution in [3.8, 4) is 5.75 Å². The van der Waals surface area contributed by atoms with E-state index in [2.05, 4.69) is 20.8 Å². The van der Waals surface area contributed by atoms with Crippen LogP contribution in [0.4, 0.5) is 17.1 Å². The summed E-state index contributed by atoms with van der Waals surface area (Å²) < 4.78 is -1.43. The predicted octanol–water partition coefficient (Wildman–Crippen LogP) is 7.32. The first-order valence-corrected chi connectivity index (χ1v) is 12.3. The molecule has 1 aliphatic carbocycles. The van der Waals surface area contributed by atoms with Gasteiger partial charge in [-0.2, -0.15) is 0 Å². The fraction of sp³-hybridized carbons (Fsp3) is 0.167. The van der Waals surface area contributed by atoms with Crippen LogP contribution in [0.25, 0.3) is 0 Å². The molecular formula is C24H18Cl5N3O4. The number of carbonyl (C=O) groups is 2. The van der Waals surface area contributed by atoms with E-state index in [1.165, 1.54) is 24.3 Å². The van der Waals surface area contributed by atoms with E-state index in [9.17, 15) is 9.59 Å². The number of rotatable bonds is 7. The SMILES string of the molecule is CNc1ccc(NC(=O)c2cc(NC(=O)C3C(c4cc(Cl)c(OO)c(Cl)c4)C3(Cl)Cl)ccc2Cl)cc1. The van der Waals surface area contributed by atoms with Gasteiger partial charge in [0.25, 0.3) is 5.91 Å². The second kappa shape index (κ2) is 10.5. The third kappa shape index (κ3) is 5.32. The van der Waals surface area contributed by atoms with Crippen LogP contribution in [0.3, 0.4) is 0 Å². The molecule has 3 aromatic carbocycles. The number of carbonyl (C=O) groups excluding carboxylic acids is 2. The van der Waals surface area contributed by atoms with Crippen LogP contribution in [-0.2, 0) is 4.79 Å². The Labute approximate surface area is 231 Å². The molecule has 2 atom stereocenters. The summed E-state index contributed by atoms with van der Waals surface area (Å²) in [6.07, 6.45) is 0. The van der Waals surface area contributed by atoms with Crippen LogP contribution in [0.2, 0.25) is 15.1 Å². The molecule has 7 nitrogen and oxygen atoms in total. The van der Waals surface area contributed by atoms with Gasteiger partial charge in [-0.25, -0.2) is 5.26 Å². The minimum Gasteiger partial charge on any atom is -0.388 e.